The molecule has 0 spiro atoms. The molecule has 0 aliphatic rings. The van der Waals surface area contributed by atoms with Gasteiger partial charge in [0, 0.05) is 0 Å². The molecular formula is C25H46O3S2. The van der Waals surface area contributed by atoms with Gasteiger partial charge in [0.1, 0.15) is 15.4 Å². The van der Waals surface area contributed by atoms with E-state index in [0.29, 0.717) is 10.9 Å². The molecule has 176 valence electrons. The molecule has 0 aliphatic carbocycles. The number of benzene rings is 1. The molecule has 30 heavy (non-hydrogen) atoms. The Bertz CT molecular complexity index is 610. The normalized spacial score (nSPS) is 12.5. The number of rotatable bonds is 15. The first-order chi connectivity index (χ1) is 14.2. The van der Waals surface area contributed by atoms with Gasteiger partial charge in [-0.1, -0.05) is 95.2 Å². The highest BCUT2D eigenvalue weighted by molar-refractivity contribution is 7.96. The topological polar surface area (TPSA) is 57.2 Å². The summed E-state index contributed by atoms with van der Waals surface area (Å²) < 4.78 is 31.2. The smallest absolute Gasteiger partial charge is 0.124 e. The van der Waals surface area contributed by atoms with Gasteiger partial charge < -0.3 is 4.55 Å². The van der Waals surface area contributed by atoms with Gasteiger partial charge in [0.15, 0.2) is 0 Å². The third-order valence-corrected chi connectivity index (χ3v) is 8.27. The van der Waals surface area contributed by atoms with Crippen molar-refractivity contribution in [2.75, 3.05) is 12.5 Å². The molecule has 0 heterocycles. The average Bonchev–Trinajstić information content (AvgIpc) is 2.68. The minimum atomic E-state index is -4.27. The predicted molar refractivity (Wildman–Crippen MR) is 134 cm³/mol. The van der Waals surface area contributed by atoms with Crippen LogP contribution in [0.2, 0.25) is 0 Å². The summed E-state index contributed by atoms with van der Waals surface area (Å²) in [5.74, 6) is 0. The fourth-order valence-corrected chi connectivity index (χ4v) is 4.32. The lowest BCUT2D eigenvalue weighted by molar-refractivity contribution is 0.463. The van der Waals surface area contributed by atoms with E-state index in [1.807, 2.05) is 6.92 Å². The number of hydrogen-bond donors (Lipinski definition) is 0. The van der Waals surface area contributed by atoms with Crippen LogP contribution in [0, 0.1) is 6.92 Å². The molecular weight excluding hydrogens is 412 g/mol. The van der Waals surface area contributed by atoms with Crippen molar-refractivity contribution in [2.24, 2.45) is 0 Å². The Morgan fingerprint density at radius 1 is 0.800 bits per heavy atom. The van der Waals surface area contributed by atoms with E-state index in [4.69, 9.17) is 0 Å². The Balaban J connectivity index is 0.000000642. The van der Waals surface area contributed by atoms with E-state index in [-0.39, 0.29) is 4.90 Å². The second kappa shape index (κ2) is 18.1. The standard InChI is InChI=1S/C18H39S.C7H8O3S/c1-5-6-7-8-9-10-11-12-13-14-15-16-17-18(2)19(3)4;1-6-2-4-7(5-3-6)11(8,9)10/h18H,5-17H2,1-4H3;2-5H,1H3,(H,8,9,10)/q+1;/p-1. The monoisotopic (exact) mass is 458 g/mol. The summed E-state index contributed by atoms with van der Waals surface area (Å²) in [6.45, 7) is 6.53. The molecule has 0 saturated heterocycles. The van der Waals surface area contributed by atoms with Crippen LogP contribution in [0.1, 0.15) is 103 Å². The maximum absolute atomic E-state index is 10.4. The maximum Gasteiger partial charge on any atom is 0.124 e. The predicted octanol–water partition coefficient (Wildman–Crippen LogP) is 7.24. The molecule has 1 rings (SSSR count). The van der Waals surface area contributed by atoms with Crippen LogP contribution in [-0.4, -0.2) is 30.7 Å². The van der Waals surface area contributed by atoms with Crippen LogP contribution in [-0.2, 0) is 21.0 Å². The van der Waals surface area contributed by atoms with Crippen molar-refractivity contribution in [1.29, 1.82) is 0 Å². The zero-order chi connectivity index (χ0) is 22.8. The van der Waals surface area contributed by atoms with Gasteiger partial charge in [-0.2, -0.15) is 0 Å². The highest BCUT2D eigenvalue weighted by atomic mass is 32.2. The molecule has 1 aromatic rings. The highest BCUT2D eigenvalue weighted by Gasteiger charge is 2.13. The summed E-state index contributed by atoms with van der Waals surface area (Å²) in [5.41, 5.74) is 0.928. The van der Waals surface area contributed by atoms with Crippen molar-refractivity contribution in [2.45, 2.75) is 114 Å². The largest absolute Gasteiger partial charge is 0.744 e. The summed E-state index contributed by atoms with van der Waals surface area (Å²) >= 11 is 0. The maximum atomic E-state index is 10.4. The lowest BCUT2D eigenvalue weighted by Crippen LogP contribution is -2.14. The number of aryl methyl sites for hydroxylation is 1. The summed E-state index contributed by atoms with van der Waals surface area (Å²) in [6, 6.07) is 5.78. The molecule has 0 fully saturated rings. The van der Waals surface area contributed by atoms with E-state index >= 15 is 0 Å². The average molecular weight is 459 g/mol. The Morgan fingerprint density at radius 2 is 1.20 bits per heavy atom. The summed E-state index contributed by atoms with van der Waals surface area (Å²) in [7, 11) is -3.65. The first-order valence-electron chi connectivity index (χ1n) is 11.8. The van der Waals surface area contributed by atoms with Gasteiger partial charge in [0.2, 0.25) is 0 Å². The molecule has 0 aromatic heterocycles. The van der Waals surface area contributed by atoms with Crippen molar-refractivity contribution in [3.63, 3.8) is 0 Å². The van der Waals surface area contributed by atoms with Gasteiger partial charge in [-0.25, -0.2) is 8.42 Å². The second-order valence-electron chi connectivity index (χ2n) is 8.64. The molecule has 1 aromatic carbocycles. The zero-order valence-corrected chi connectivity index (χ0v) is 21.8. The molecule has 0 aliphatic heterocycles. The van der Waals surface area contributed by atoms with Crippen molar-refractivity contribution >= 4 is 21.0 Å². The molecule has 0 saturated carbocycles. The van der Waals surface area contributed by atoms with Gasteiger partial charge >= 0.3 is 0 Å². The summed E-state index contributed by atoms with van der Waals surface area (Å²) in [5, 5.41) is 0.947. The summed E-state index contributed by atoms with van der Waals surface area (Å²) in [6.07, 6.45) is 23.8. The molecule has 3 nitrogen and oxygen atoms in total. The van der Waals surface area contributed by atoms with E-state index in [0.717, 1.165) is 10.8 Å². The van der Waals surface area contributed by atoms with E-state index in [1.165, 1.54) is 95.6 Å². The third-order valence-electron chi connectivity index (χ3n) is 5.58. The van der Waals surface area contributed by atoms with Crippen molar-refractivity contribution in [3.05, 3.63) is 29.8 Å². The Kier molecular flexibility index (Phi) is 17.8. The van der Waals surface area contributed by atoms with Gasteiger partial charge in [-0.05, 0) is 49.7 Å². The van der Waals surface area contributed by atoms with Gasteiger partial charge in [0.05, 0.1) is 17.4 Å². The fraction of sp³-hybridized carbons (Fsp3) is 0.760. The number of hydrogen-bond acceptors (Lipinski definition) is 3. The highest BCUT2D eigenvalue weighted by Crippen LogP contribution is 2.14. The Morgan fingerprint density at radius 3 is 1.57 bits per heavy atom. The lowest BCUT2D eigenvalue weighted by Gasteiger charge is -2.07. The SMILES string of the molecule is CCCCCCCCCCCCCCC(C)[S+](C)C.Cc1ccc(S(=O)(=O)[O-])cc1. The van der Waals surface area contributed by atoms with Crippen LogP contribution >= 0.6 is 0 Å². The lowest BCUT2D eigenvalue weighted by atomic mass is 10.0. The minimum Gasteiger partial charge on any atom is -0.744 e. The first kappa shape index (κ1) is 29.5. The van der Waals surface area contributed by atoms with Crippen LogP contribution in [0.4, 0.5) is 0 Å². The molecule has 0 amide bonds. The minimum absolute atomic E-state index is 0.178. The molecule has 5 heteroatoms. The molecule has 0 N–H and O–H groups in total. The van der Waals surface area contributed by atoms with Crippen molar-refractivity contribution < 1.29 is 13.0 Å². The van der Waals surface area contributed by atoms with E-state index in [9.17, 15) is 13.0 Å². The Hall–Kier alpha value is -0.520. The van der Waals surface area contributed by atoms with E-state index < -0.39 is 10.1 Å². The third kappa shape index (κ3) is 17.2. The number of unbranched alkanes of at least 4 members (excludes halogenated alkanes) is 11. The van der Waals surface area contributed by atoms with Gasteiger partial charge in [-0.3, -0.25) is 0 Å². The van der Waals surface area contributed by atoms with Crippen LogP contribution in [0.3, 0.4) is 0 Å². The fourth-order valence-electron chi connectivity index (χ4n) is 3.21. The van der Waals surface area contributed by atoms with E-state index in [1.54, 1.807) is 12.1 Å². The zero-order valence-electron chi connectivity index (χ0n) is 20.1. The first-order valence-corrected chi connectivity index (χ1v) is 15.3. The quantitative estimate of drug-likeness (QED) is 0.158. The van der Waals surface area contributed by atoms with Crippen molar-refractivity contribution in [3.8, 4) is 0 Å². The van der Waals surface area contributed by atoms with Gasteiger partial charge in [0.25, 0.3) is 0 Å². The van der Waals surface area contributed by atoms with E-state index in [2.05, 4.69) is 26.4 Å². The van der Waals surface area contributed by atoms with Crippen LogP contribution < -0.4 is 0 Å². The second-order valence-corrected chi connectivity index (χ2v) is 12.6. The summed E-state index contributed by atoms with van der Waals surface area (Å²) in [4.78, 5) is -0.178. The Labute approximate surface area is 190 Å². The van der Waals surface area contributed by atoms with Crippen LogP contribution in [0.5, 0.6) is 0 Å². The van der Waals surface area contributed by atoms with Gasteiger partial charge in [-0.15, -0.1) is 0 Å². The van der Waals surface area contributed by atoms with Crippen LogP contribution in [0.25, 0.3) is 0 Å². The molecule has 0 radical (unpaired) electrons. The van der Waals surface area contributed by atoms with Crippen LogP contribution in [0.15, 0.2) is 29.2 Å². The molecule has 1 atom stereocenters. The molecule has 1 unspecified atom stereocenters. The molecule has 0 bridgehead atoms. The van der Waals surface area contributed by atoms with Crippen molar-refractivity contribution in [1.82, 2.24) is 0 Å².